The molecule has 0 N–H and O–H groups in total. The fourth-order valence-electron chi connectivity index (χ4n) is 1.79. The van der Waals surface area contributed by atoms with Crippen LogP contribution in [0, 0.1) is 0 Å². The third kappa shape index (κ3) is 4.93. The smallest absolute Gasteiger partial charge is 0.0142 e. The van der Waals surface area contributed by atoms with E-state index in [0.29, 0.717) is 0 Å². The molecule has 0 unspecified atom stereocenters. The van der Waals surface area contributed by atoms with E-state index < -0.39 is 0 Å². The highest BCUT2D eigenvalue weighted by Gasteiger charge is 2.13. The van der Waals surface area contributed by atoms with Crippen LogP contribution in [0.4, 0.5) is 0 Å². The molecule has 0 aromatic heterocycles. The van der Waals surface area contributed by atoms with Gasteiger partial charge in [-0.3, -0.25) is 0 Å². The molecule has 1 heterocycles. The monoisotopic (exact) mass is 214 g/mol. The third-order valence-electron chi connectivity index (χ3n) is 3.23. The first-order valence-electron chi connectivity index (χ1n) is 5.89. The van der Waals surface area contributed by atoms with E-state index in [4.69, 9.17) is 0 Å². The predicted octanol–water partition coefficient (Wildman–Crippen LogP) is 0.0323. The van der Waals surface area contributed by atoms with Gasteiger partial charge in [-0.1, -0.05) is 0 Å². The zero-order chi connectivity index (χ0) is 11.3. The van der Waals surface area contributed by atoms with Gasteiger partial charge in [0.15, 0.2) is 0 Å². The highest BCUT2D eigenvalue weighted by molar-refractivity contribution is 4.69. The maximum Gasteiger partial charge on any atom is 0.0142 e. The second-order valence-electron chi connectivity index (χ2n) is 4.73. The second kappa shape index (κ2) is 6.43. The molecule has 0 radical (unpaired) electrons. The number of piperazine rings is 1. The van der Waals surface area contributed by atoms with Gasteiger partial charge >= 0.3 is 0 Å². The lowest BCUT2D eigenvalue weighted by atomic mass is 10.3. The average molecular weight is 214 g/mol. The minimum atomic E-state index is 1.15. The van der Waals surface area contributed by atoms with Crippen LogP contribution in [0.1, 0.15) is 6.42 Å². The number of hydrazine groups is 1. The zero-order valence-electron chi connectivity index (χ0n) is 10.7. The van der Waals surface area contributed by atoms with E-state index >= 15 is 0 Å². The van der Waals surface area contributed by atoms with Crippen LogP contribution in [0.25, 0.3) is 0 Å². The summed E-state index contributed by atoms with van der Waals surface area (Å²) in [5, 5.41) is 4.40. The Morgan fingerprint density at radius 1 is 1.00 bits per heavy atom. The van der Waals surface area contributed by atoms with E-state index in [2.05, 4.69) is 48.0 Å². The number of rotatable bonds is 5. The Hall–Kier alpha value is -0.160. The van der Waals surface area contributed by atoms with Crippen LogP contribution in [0.3, 0.4) is 0 Å². The summed E-state index contributed by atoms with van der Waals surface area (Å²) in [6, 6.07) is 0. The lowest BCUT2D eigenvalue weighted by molar-refractivity contribution is 0.0492. The summed E-state index contributed by atoms with van der Waals surface area (Å²) >= 11 is 0. The van der Waals surface area contributed by atoms with E-state index in [1.165, 1.54) is 39.1 Å². The van der Waals surface area contributed by atoms with Gasteiger partial charge in [-0.2, -0.15) is 0 Å². The van der Waals surface area contributed by atoms with Gasteiger partial charge in [-0.05, 0) is 20.0 Å². The van der Waals surface area contributed by atoms with Crippen molar-refractivity contribution in [1.82, 2.24) is 19.8 Å². The van der Waals surface area contributed by atoms with E-state index in [1.807, 2.05) is 0 Å². The maximum atomic E-state index is 2.57. The quantitative estimate of drug-likeness (QED) is 0.599. The van der Waals surface area contributed by atoms with Crippen molar-refractivity contribution >= 4 is 0 Å². The van der Waals surface area contributed by atoms with Crippen LogP contribution in [0.15, 0.2) is 0 Å². The Balaban J connectivity index is 2.05. The summed E-state index contributed by atoms with van der Waals surface area (Å²) in [5.41, 5.74) is 0. The molecule has 0 amide bonds. The maximum absolute atomic E-state index is 2.57. The standard InChI is InChI=1S/C11H26N4/c1-12(2)14(4)6-5-7-15-10-8-13(3)9-11-15/h5-11H2,1-4H3. The van der Waals surface area contributed by atoms with Crippen molar-refractivity contribution in [2.24, 2.45) is 0 Å². The lowest BCUT2D eigenvalue weighted by Crippen LogP contribution is -2.45. The van der Waals surface area contributed by atoms with Crippen LogP contribution in [0.2, 0.25) is 0 Å². The van der Waals surface area contributed by atoms with Gasteiger partial charge in [-0.15, -0.1) is 0 Å². The SMILES string of the molecule is CN1CCN(CCCN(C)N(C)C)CC1. The molecule has 0 spiro atoms. The van der Waals surface area contributed by atoms with Gasteiger partial charge in [0, 0.05) is 53.9 Å². The summed E-state index contributed by atoms with van der Waals surface area (Å²) in [5.74, 6) is 0. The Morgan fingerprint density at radius 3 is 2.13 bits per heavy atom. The molecule has 1 rings (SSSR count). The van der Waals surface area contributed by atoms with Crippen molar-refractivity contribution in [2.45, 2.75) is 6.42 Å². The Morgan fingerprint density at radius 2 is 1.60 bits per heavy atom. The molecule has 15 heavy (non-hydrogen) atoms. The molecule has 0 bridgehead atoms. The first-order valence-corrected chi connectivity index (χ1v) is 5.89. The fourth-order valence-corrected chi connectivity index (χ4v) is 1.79. The molecule has 4 nitrogen and oxygen atoms in total. The molecule has 90 valence electrons. The first kappa shape index (κ1) is 12.9. The molecule has 1 aliphatic rings. The van der Waals surface area contributed by atoms with Crippen molar-refractivity contribution in [2.75, 3.05) is 67.5 Å². The topological polar surface area (TPSA) is 13.0 Å². The fraction of sp³-hybridized carbons (Fsp3) is 1.00. The van der Waals surface area contributed by atoms with Gasteiger partial charge in [0.25, 0.3) is 0 Å². The number of likely N-dealkylation sites (N-methyl/N-ethyl adjacent to an activating group) is 1. The normalized spacial score (nSPS) is 20.4. The zero-order valence-corrected chi connectivity index (χ0v) is 10.7. The molecule has 0 aromatic carbocycles. The third-order valence-corrected chi connectivity index (χ3v) is 3.23. The Kier molecular flexibility index (Phi) is 5.53. The lowest BCUT2D eigenvalue weighted by Gasteiger charge is -2.33. The van der Waals surface area contributed by atoms with Gasteiger partial charge in [0.05, 0.1) is 0 Å². The molecule has 1 aliphatic heterocycles. The van der Waals surface area contributed by atoms with Crippen molar-refractivity contribution in [3.63, 3.8) is 0 Å². The van der Waals surface area contributed by atoms with Gasteiger partial charge in [0.1, 0.15) is 0 Å². The molecule has 1 fully saturated rings. The molecule has 0 aromatic rings. The predicted molar refractivity (Wildman–Crippen MR) is 64.9 cm³/mol. The highest BCUT2D eigenvalue weighted by atomic mass is 15.6. The van der Waals surface area contributed by atoms with Crippen LogP contribution < -0.4 is 0 Å². The van der Waals surface area contributed by atoms with E-state index in [9.17, 15) is 0 Å². The van der Waals surface area contributed by atoms with Crippen LogP contribution in [0.5, 0.6) is 0 Å². The van der Waals surface area contributed by atoms with E-state index in [0.717, 1.165) is 6.54 Å². The van der Waals surface area contributed by atoms with Gasteiger partial charge in [-0.25, -0.2) is 10.0 Å². The Bertz CT molecular complexity index is 164. The minimum Gasteiger partial charge on any atom is -0.304 e. The molecule has 0 aliphatic carbocycles. The summed E-state index contributed by atoms with van der Waals surface area (Å²) in [7, 11) is 8.53. The van der Waals surface area contributed by atoms with Crippen molar-refractivity contribution in [3.05, 3.63) is 0 Å². The molecule has 4 heteroatoms. The largest absolute Gasteiger partial charge is 0.304 e. The summed E-state index contributed by atoms with van der Waals surface area (Å²) in [6.07, 6.45) is 1.26. The van der Waals surface area contributed by atoms with Crippen molar-refractivity contribution in [3.8, 4) is 0 Å². The first-order chi connectivity index (χ1) is 7.09. The molecular formula is C11H26N4. The van der Waals surface area contributed by atoms with Crippen molar-refractivity contribution < 1.29 is 0 Å². The second-order valence-corrected chi connectivity index (χ2v) is 4.73. The molecule has 0 atom stereocenters. The van der Waals surface area contributed by atoms with Crippen molar-refractivity contribution in [1.29, 1.82) is 0 Å². The number of nitrogens with zero attached hydrogens (tertiary/aromatic N) is 4. The Labute approximate surface area is 94.4 Å². The van der Waals surface area contributed by atoms with Gasteiger partial charge in [0.2, 0.25) is 0 Å². The van der Waals surface area contributed by atoms with E-state index in [1.54, 1.807) is 0 Å². The van der Waals surface area contributed by atoms with Crippen LogP contribution >= 0.6 is 0 Å². The van der Waals surface area contributed by atoms with Crippen LogP contribution in [-0.4, -0.2) is 87.3 Å². The molecule has 1 saturated heterocycles. The molecular weight excluding hydrogens is 188 g/mol. The summed E-state index contributed by atoms with van der Waals surface area (Å²) in [6.45, 7) is 7.32. The summed E-state index contributed by atoms with van der Waals surface area (Å²) in [4.78, 5) is 4.98. The van der Waals surface area contributed by atoms with Crippen LogP contribution in [-0.2, 0) is 0 Å². The number of hydrogen-bond donors (Lipinski definition) is 0. The summed E-state index contributed by atoms with van der Waals surface area (Å²) < 4.78 is 0. The highest BCUT2D eigenvalue weighted by Crippen LogP contribution is 2.00. The van der Waals surface area contributed by atoms with E-state index in [-0.39, 0.29) is 0 Å². The average Bonchev–Trinajstić information content (AvgIpc) is 2.20. The molecule has 0 saturated carbocycles. The number of hydrogen-bond acceptors (Lipinski definition) is 4. The minimum absolute atomic E-state index is 1.15. The van der Waals surface area contributed by atoms with Gasteiger partial charge < -0.3 is 9.80 Å².